The van der Waals surface area contributed by atoms with Gasteiger partial charge in [0.25, 0.3) is 0 Å². The van der Waals surface area contributed by atoms with Crippen LogP contribution in [0.4, 0.5) is 0 Å². The molecule has 0 saturated carbocycles. The van der Waals surface area contributed by atoms with E-state index in [1.165, 1.54) is 50.5 Å². The molecule has 0 aromatic heterocycles. The second kappa shape index (κ2) is 9.09. The fourth-order valence-corrected chi connectivity index (χ4v) is 1.98. The van der Waals surface area contributed by atoms with Gasteiger partial charge in [-0.3, -0.25) is 0 Å². The molecule has 0 N–H and O–H groups in total. The second-order valence-corrected chi connectivity index (χ2v) is 4.51. The maximum atomic E-state index is 5.32. The van der Waals surface area contributed by atoms with E-state index in [1.807, 2.05) is 12.1 Å². The van der Waals surface area contributed by atoms with Gasteiger partial charge in [0.1, 0.15) is 5.75 Å². The summed E-state index contributed by atoms with van der Waals surface area (Å²) in [4.78, 5) is 0. The van der Waals surface area contributed by atoms with Gasteiger partial charge < -0.3 is 4.74 Å². The van der Waals surface area contributed by atoms with Crippen molar-refractivity contribution in [2.75, 3.05) is 6.61 Å². The minimum absolute atomic E-state index is 0.497. The summed E-state index contributed by atoms with van der Waals surface area (Å²) in [7, 11) is 0. The van der Waals surface area contributed by atoms with E-state index in [-0.39, 0.29) is 0 Å². The lowest BCUT2D eigenvalue weighted by molar-refractivity contribution is 0.361. The Labute approximate surface area is 106 Å². The quantitative estimate of drug-likeness (QED) is 0.556. The SMILES string of the molecule is [CH2]COc1ccc(CCCCCCCC)cc1. The highest BCUT2D eigenvalue weighted by Gasteiger charge is 1.95. The summed E-state index contributed by atoms with van der Waals surface area (Å²) in [6.45, 7) is 6.42. The van der Waals surface area contributed by atoms with Crippen molar-refractivity contribution in [1.29, 1.82) is 0 Å². The summed E-state index contributed by atoms with van der Waals surface area (Å²) < 4.78 is 5.32. The van der Waals surface area contributed by atoms with Gasteiger partial charge in [0.05, 0.1) is 6.61 Å². The Balaban J connectivity index is 2.14. The van der Waals surface area contributed by atoms with Crippen molar-refractivity contribution >= 4 is 0 Å². The molecule has 1 nitrogen and oxygen atoms in total. The topological polar surface area (TPSA) is 9.23 Å². The fraction of sp³-hybridized carbons (Fsp3) is 0.562. The third-order valence-corrected chi connectivity index (χ3v) is 3.01. The summed E-state index contributed by atoms with van der Waals surface area (Å²) >= 11 is 0. The molecule has 0 aliphatic rings. The van der Waals surface area contributed by atoms with Crippen LogP contribution in [0, 0.1) is 6.92 Å². The number of benzene rings is 1. The molecule has 1 radical (unpaired) electrons. The van der Waals surface area contributed by atoms with Gasteiger partial charge in [0.2, 0.25) is 0 Å². The van der Waals surface area contributed by atoms with Crippen LogP contribution in [0.25, 0.3) is 0 Å². The smallest absolute Gasteiger partial charge is 0.119 e. The Kier molecular flexibility index (Phi) is 7.53. The maximum Gasteiger partial charge on any atom is 0.119 e. The van der Waals surface area contributed by atoms with E-state index in [1.54, 1.807) is 0 Å². The Morgan fingerprint density at radius 3 is 2.24 bits per heavy atom. The summed E-state index contributed by atoms with van der Waals surface area (Å²) in [5.41, 5.74) is 1.41. The highest BCUT2D eigenvalue weighted by molar-refractivity contribution is 5.27. The van der Waals surface area contributed by atoms with Crippen LogP contribution in [-0.4, -0.2) is 6.61 Å². The predicted octanol–water partition coefficient (Wildman–Crippen LogP) is 4.80. The Bertz CT molecular complexity index is 276. The number of unbranched alkanes of at least 4 members (excludes halogenated alkanes) is 5. The molecule has 17 heavy (non-hydrogen) atoms. The number of hydrogen-bond acceptors (Lipinski definition) is 1. The zero-order valence-corrected chi connectivity index (χ0v) is 11.1. The number of ether oxygens (including phenoxy) is 1. The van der Waals surface area contributed by atoms with Crippen molar-refractivity contribution in [2.24, 2.45) is 0 Å². The lowest BCUT2D eigenvalue weighted by Gasteiger charge is -2.05. The second-order valence-electron chi connectivity index (χ2n) is 4.51. The fourth-order valence-electron chi connectivity index (χ4n) is 1.98. The molecule has 0 heterocycles. The number of rotatable bonds is 9. The van der Waals surface area contributed by atoms with Gasteiger partial charge in [-0.15, -0.1) is 0 Å². The molecule has 0 aliphatic carbocycles. The van der Waals surface area contributed by atoms with Crippen molar-refractivity contribution in [3.63, 3.8) is 0 Å². The van der Waals surface area contributed by atoms with Gasteiger partial charge in [0.15, 0.2) is 0 Å². The molecule has 0 spiro atoms. The van der Waals surface area contributed by atoms with Crippen LogP contribution in [0.3, 0.4) is 0 Å². The average Bonchev–Trinajstić information content (AvgIpc) is 2.36. The van der Waals surface area contributed by atoms with Crippen molar-refractivity contribution < 1.29 is 4.74 Å². The lowest BCUT2D eigenvalue weighted by Crippen LogP contribution is -1.92. The first-order valence-electron chi connectivity index (χ1n) is 6.87. The Morgan fingerprint density at radius 1 is 0.941 bits per heavy atom. The van der Waals surface area contributed by atoms with E-state index in [4.69, 9.17) is 4.74 Å². The molecule has 1 aromatic rings. The maximum absolute atomic E-state index is 5.32. The van der Waals surface area contributed by atoms with Crippen LogP contribution in [0.1, 0.15) is 51.0 Å². The van der Waals surface area contributed by atoms with Gasteiger partial charge in [-0.25, -0.2) is 0 Å². The molecule has 1 rings (SSSR count). The molecule has 0 saturated heterocycles. The molecule has 0 amide bonds. The van der Waals surface area contributed by atoms with E-state index >= 15 is 0 Å². The van der Waals surface area contributed by atoms with Crippen LogP contribution < -0.4 is 4.74 Å². The number of aryl methyl sites for hydroxylation is 1. The molecule has 95 valence electrons. The van der Waals surface area contributed by atoms with Crippen LogP contribution in [0.15, 0.2) is 24.3 Å². The highest BCUT2D eigenvalue weighted by atomic mass is 16.5. The van der Waals surface area contributed by atoms with E-state index in [0.29, 0.717) is 6.61 Å². The molecule has 0 unspecified atom stereocenters. The van der Waals surface area contributed by atoms with E-state index in [2.05, 4.69) is 26.0 Å². The summed E-state index contributed by atoms with van der Waals surface area (Å²) in [5, 5.41) is 0. The molecular formula is C16H25O. The number of hydrogen-bond donors (Lipinski definition) is 0. The van der Waals surface area contributed by atoms with Gasteiger partial charge >= 0.3 is 0 Å². The van der Waals surface area contributed by atoms with E-state index in [9.17, 15) is 0 Å². The molecular weight excluding hydrogens is 208 g/mol. The molecule has 0 aliphatic heterocycles. The molecule has 0 fully saturated rings. The lowest BCUT2D eigenvalue weighted by atomic mass is 10.0. The molecule has 0 atom stereocenters. The average molecular weight is 233 g/mol. The molecule has 1 aromatic carbocycles. The Hall–Kier alpha value is -0.980. The standard InChI is InChI=1S/C16H25O/c1-3-5-6-7-8-9-10-15-11-13-16(14-12-15)17-4-2/h11-14H,2-10H2,1H3. The highest BCUT2D eigenvalue weighted by Crippen LogP contribution is 2.14. The minimum atomic E-state index is 0.497. The predicted molar refractivity (Wildman–Crippen MR) is 74.4 cm³/mol. The van der Waals surface area contributed by atoms with Gasteiger partial charge in [-0.2, -0.15) is 0 Å². The first-order chi connectivity index (χ1) is 8.36. The zero-order valence-electron chi connectivity index (χ0n) is 11.1. The molecule has 1 heteroatoms. The third-order valence-electron chi connectivity index (χ3n) is 3.01. The van der Waals surface area contributed by atoms with Crippen molar-refractivity contribution in [3.05, 3.63) is 36.8 Å². The first kappa shape index (κ1) is 14.1. The van der Waals surface area contributed by atoms with Crippen LogP contribution in [0.5, 0.6) is 5.75 Å². The largest absolute Gasteiger partial charge is 0.494 e. The Morgan fingerprint density at radius 2 is 1.59 bits per heavy atom. The van der Waals surface area contributed by atoms with E-state index in [0.717, 1.165) is 5.75 Å². The first-order valence-corrected chi connectivity index (χ1v) is 6.87. The van der Waals surface area contributed by atoms with Crippen molar-refractivity contribution in [1.82, 2.24) is 0 Å². The summed E-state index contributed by atoms with van der Waals surface area (Å²) in [6.07, 6.45) is 9.35. The van der Waals surface area contributed by atoms with Crippen LogP contribution in [-0.2, 0) is 6.42 Å². The minimum Gasteiger partial charge on any atom is -0.494 e. The monoisotopic (exact) mass is 233 g/mol. The van der Waals surface area contributed by atoms with Crippen LogP contribution >= 0.6 is 0 Å². The normalized spacial score (nSPS) is 10.5. The van der Waals surface area contributed by atoms with Gasteiger partial charge in [-0.05, 0) is 37.5 Å². The summed E-state index contributed by atoms with van der Waals surface area (Å²) in [5.74, 6) is 0.923. The van der Waals surface area contributed by atoms with Crippen molar-refractivity contribution in [2.45, 2.75) is 51.9 Å². The molecule has 0 bridgehead atoms. The summed E-state index contributed by atoms with van der Waals surface area (Å²) in [6, 6.07) is 8.41. The van der Waals surface area contributed by atoms with Gasteiger partial charge in [0, 0.05) is 0 Å². The van der Waals surface area contributed by atoms with Gasteiger partial charge in [-0.1, -0.05) is 51.2 Å². The van der Waals surface area contributed by atoms with E-state index < -0.39 is 0 Å². The van der Waals surface area contributed by atoms with Crippen LogP contribution in [0.2, 0.25) is 0 Å². The van der Waals surface area contributed by atoms with Crippen molar-refractivity contribution in [3.8, 4) is 5.75 Å². The zero-order chi connectivity index (χ0) is 12.3. The third kappa shape index (κ3) is 6.35.